The number of nitrogen functional groups attached to an aromatic ring is 1. The van der Waals surface area contributed by atoms with Crippen molar-refractivity contribution in [2.45, 2.75) is 6.61 Å². The Morgan fingerprint density at radius 1 is 1.43 bits per heavy atom. The number of hydrogen-bond donors (Lipinski definition) is 2. The first-order valence-corrected chi connectivity index (χ1v) is 6.22. The van der Waals surface area contributed by atoms with Gasteiger partial charge in [0, 0.05) is 17.8 Å². The standard InChI is InChI=1S/C13H11ClN4O3/c14-9-4-1-5-10(18(19)20)12(9)21-7-8-3-2-6-17-11(8)13(15)16/h1-6H,7H2,(H3,15,16). The Morgan fingerprint density at radius 2 is 2.19 bits per heavy atom. The minimum absolute atomic E-state index is 0.0254. The fourth-order valence-corrected chi connectivity index (χ4v) is 1.96. The first-order valence-electron chi connectivity index (χ1n) is 5.84. The zero-order valence-electron chi connectivity index (χ0n) is 10.7. The third-order valence-corrected chi connectivity index (χ3v) is 2.96. The largest absolute Gasteiger partial charge is 0.481 e. The van der Waals surface area contributed by atoms with E-state index < -0.39 is 4.92 Å². The topological polar surface area (TPSA) is 115 Å². The number of nitro benzene ring substituents is 1. The third-order valence-electron chi connectivity index (χ3n) is 2.66. The van der Waals surface area contributed by atoms with Gasteiger partial charge in [0.1, 0.15) is 18.1 Å². The Kier molecular flexibility index (Phi) is 4.34. The van der Waals surface area contributed by atoms with Crippen LogP contribution in [0.1, 0.15) is 11.3 Å². The fourth-order valence-electron chi connectivity index (χ4n) is 1.73. The summed E-state index contributed by atoms with van der Waals surface area (Å²) in [5.41, 5.74) is 6.01. The average molecular weight is 307 g/mol. The summed E-state index contributed by atoms with van der Waals surface area (Å²) in [7, 11) is 0. The van der Waals surface area contributed by atoms with Crippen LogP contribution in [0.5, 0.6) is 5.75 Å². The molecule has 1 aromatic heterocycles. The molecule has 0 fully saturated rings. The van der Waals surface area contributed by atoms with Crippen LogP contribution in [-0.2, 0) is 6.61 Å². The SMILES string of the molecule is N=C(N)c1ncccc1COc1c(Cl)cccc1[N+](=O)[O-]. The Balaban J connectivity index is 2.29. The quantitative estimate of drug-likeness (QED) is 0.381. The van der Waals surface area contributed by atoms with E-state index in [2.05, 4.69) is 4.98 Å². The van der Waals surface area contributed by atoms with Crippen LogP contribution in [0, 0.1) is 15.5 Å². The normalized spacial score (nSPS) is 10.1. The van der Waals surface area contributed by atoms with E-state index in [1.54, 1.807) is 12.1 Å². The van der Waals surface area contributed by atoms with E-state index in [9.17, 15) is 10.1 Å². The number of aromatic nitrogens is 1. The van der Waals surface area contributed by atoms with Crippen LogP contribution in [0.25, 0.3) is 0 Å². The van der Waals surface area contributed by atoms with E-state index in [0.29, 0.717) is 5.56 Å². The predicted molar refractivity (Wildman–Crippen MR) is 77.7 cm³/mol. The summed E-state index contributed by atoms with van der Waals surface area (Å²) in [6.45, 7) is -0.0344. The number of ether oxygens (including phenoxy) is 1. The van der Waals surface area contributed by atoms with Crippen molar-refractivity contribution in [1.29, 1.82) is 5.41 Å². The number of benzene rings is 1. The molecule has 0 aliphatic carbocycles. The molecular formula is C13H11ClN4O3. The Morgan fingerprint density at radius 3 is 2.86 bits per heavy atom. The van der Waals surface area contributed by atoms with E-state index in [-0.39, 0.29) is 34.6 Å². The molecule has 108 valence electrons. The van der Waals surface area contributed by atoms with Gasteiger partial charge in [-0.3, -0.25) is 20.5 Å². The molecule has 7 nitrogen and oxygen atoms in total. The number of pyridine rings is 1. The summed E-state index contributed by atoms with van der Waals surface area (Å²) in [4.78, 5) is 14.4. The molecule has 0 atom stereocenters. The minimum atomic E-state index is -0.573. The maximum absolute atomic E-state index is 11.0. The van der Waals surface area contributed by atoms with Crippen molar-refractivity contribution in [2.24, 2.45) is 5.73 Å². The van der Waals surface area contributed by atoms with Crippen LogP contribution in [0.3, 0.4) is 0 Å². The summed E-state index contributed by atoms with van der Waals surface area (Å²) in [6, 6.07) is 7.60. The van der Waals surface area contributed by atoms with Gasteiger partial charge in [-0.05, 0) is 12.1 Å². The van der Waals surface area contributed by atoms with Crippen LogP contribution in [-0.4, -0.2) is 15.7 Å². The number of rotatable bonds is 5. The van der Waals surface area contributed by atoms with Crippen molar-refractivity contribution in [1.82, 2.24) is 4.98 Å². The molecule has 0 aliphatic heterocycles. The maximum Gasteiger partial charge on any atom is 0.312 e. The second-order valence-corrected chi connectivity index (χ2v) is 4.47. The molecule has 3 N–H and O–H groups in total. The second-order valence-electron chi connectivity index (χ2n) is 4.06. The molecule has 0 radical (unpaired) electrons. The molecule has 0 unspecified atom stereocenters. The molecule has 0 spiro atoms. The van der Waals surface area contributed by atoms with Crippen molar-refractivity contribution in [3.05, 3.63) is 62.9 Å². The summed E-state index contributed by atoms with van der Waals surface area (Å²) >= 11 is 5.93. The Labute approximate surface area is 125 Å². The number of halogens is 1. The van der Waals surface area contributed by atoms with Gasteiger partial charge in [-0.2, -0.15) is 0 Å². The van der Waals surface area contributed by atoms with Crippen molar-refractivity contribution >= 4 is 23.1 Å². The minimum Gasteiger partial charge on any atom is -0.481 e. The number of hydrogen-bond acceptors (Lipinski definition) is 5. The van der Waals surface area contributed by atoms with Gasteiger partial charge in [-0.1, -0.05) is 23.7 Å². The predicted octanol–water partition coefficient (Wildman–Crippen LogP) is 2.51. The van der Waals surface area contributed by atoms with E-state index in [0.717, 1.165) is 0 Å². The lowest BCUT2D eigenvalue weighted by Gasteiger charge is -2.10. The summed E-state index contributed by atoms with van der Waals surface area (Å²) < 4.78 is 5.44. The summed E-state index contributed by atoms with van der Waals surface area (Å²) in [5, 5.41) is 18.5. The number of nitrogens with one attached hydrogen (secondary N) is 1. The van der Waals surface area contributed by atoms with Crippen LogP contribution >= 0.6 is 11.6 Å². The number of nitro groups is 1. The molecule has 8 heteroatoms. The van der Waals surface area contributed by atoms with Crippen molar-refractivity contribution in [2.75, 3.05) is 0 Å². The van der Waals surface area contributed by atoms with Crippen molar-refractivity contribution in [3.8, 4) is 5.75 Å². The van der Waals surface area contributed by atoms with Crippen LogP contribution in [0.15, 0.2) is 36.5 Å². The van der Waals surface area contributed by atoms with E-state index in [1.807, 2.05) is 0 Å². The van der Waals surface area contributed by atoms with Gasteiger partial charge in [-0.25, -0.2) is 0 Å². The van der Waals surface area contributed by atoms with E-state index in [1.165, 1.54) is 24.4 Å². The molecule has 21 heavy (non-hydrogen) atoms. The molecular weight excluding hydrogens is 296 g/mol. The zero-order chi connectivity index (χ0) is 15.4. The molecule has 0 saturated carbocycles. The lowest BCUT2D eigenvalue weighted by atomic mass is 10.2. The van der Waals surface area contributed by atoms with Gasteiger partial charge in [-0.15, -0.1) is 0 Å². The molecule has 1 heterocycles. The van der Waals surface area contributed by atoms with Crippen LogP contribution in [0.2, 0.25) is 5.02 Å². The number of nitrogens with two attached hydrogens (primary N) is 1. The van der Waals surface area contributed by atoms with Gasteiger partial charge in [0.05, 0.1) is 9.95 Å². The van der Waals surface area contributed by atoms with Crippen molar-refractivity contribution < 1.29 is 9.66 Å². The third kappa shape index (κ3) is 3.26. The van der Waals surface area contributed by atoms with Gasteiger partial charge in [0.15, 0.2) is 0 Å². The highest BCUT2D eigenvalue weighted by atomic mass is 35.5. The van der Waals surface area contributed by atoms with Gasteiger partial charge in [0.2, 0.25) is 5.75 Å². The summed E-state index contributed by atoms with van der Waals surface area (Å²) in [6.07, 6.45) is 1.50. The first-order chi connectivity index (χ1) is 10.0. The van der Waals surface area contributed by atoms with Crippen LogP contribution in [0.4, 0.5) is 5.69 Å². The molecule has 0 amide bonds. The number of amidine groups is 1. The maximum atomic E-state index is 11.0. The average Bonchev–Trinajstić information content (AvgIpc) is 2.45. The van der Waals surface area contributed by atoms with E-state index in [4.69, 9.17) is 27.5 Å². The van der Waals surface area contributed by atoms with E-state index >= 15 is 0 Å². The second kappa shape index (κ2) is 6.19. The Hall–Kier alpha value is -2.67. The fraction of sp³-hybridized carbons (Fsp3) is 0.0769. The molecule has 0 bridgehead atoms. The zero-order valence-corrected chi connectivity index (χ0v) is 11.5. The molecule has 0 saturated heterocycles. The highest BCUT2D eigenvalue weighted by Gasteiger charge is 2.19. The van der Waals surface area contributed by atoms with Crippen molar-refractivity contribution in [3.63, 3.8) is 0 Å². The monoisotopic (exact) mass is 306 g/mol. The molecule has 1 aromatic carbocycles. The number of nitrogens with zero attached hydrogens (tertiary/aromatic N) is 2. The first kappa shape index (κ1) is 14.7. The van der Waals surface area contributed by atoms with Crippen LogP contribution < -0.4 is 10.5 Å². The summed E-state index contributed by atoms with van der Waals surface area (Å²) in [5.74, 6) is -0.231. The smallest absolute Gasteiger partial charge is 0.312 e. The lowest BCUT2D eigenvalue weighted by Crippen LogP contribution is -2.16. The Bertz CT molecular complexity index is 706. The van der Waals surface area contributed by atoms with Gasteiger partial charge in [0.25, 0.3) is 0 Å². The van der Waals surface area contributed by atoms with Gasteiger partial charge >= 0.3 is 5.69 Å². The lowest BCUT2D eigenvalue weighted by molar-refractivity contribution is -0.385. The highest BCUT2D eigenvalue weighted by Crippen LogP contribution is 2.34. The van der Waals surface area contributed by atoms with Gasteiger partial charge < -0.3 is 10.5 Å². The molecule has 2 rings (SSSR count). The molecule has 2 aromatic rings. The number of para-hydroxylation sites is 1. The highest BCUT2D eigenvalue weighted by molar-refractivity contribution is 6.32. The molecule has 0 aliphatic rings.